The van der Waals surface area contributed by atoms with E-state index in [1.165, 1.54) is 18.7 Å². The third kappa shape index (κ3) is 3.49. The Hall–Kier alpha value is -4.15. The number of rotatable bonds is 3. The number of hydroxylamine groups is 2. The monoisotopic (exact) mass is 472 g/mol. The van der Waals surface area contributed by atoms with E-state index < -0.39 is 0 Å². The average molecular weight is 473 g/mol. The fourth-order valence-corrected chi connectivity index (χ4v) is 4.58. The van der Waals surface area contributed by atoms with E-state index in [0.717, 1.165) is 39.6 Å². The molecule has 0 saturated heterocycles. The van der Waals surface area contributed by atoms with E-state index in [0.29, 0.717) is 23.0 Å². The summed E-state index contributed by atoms with van der Waals surface area (Å²) in [5.74, 6) is 0.599. The molecule has 11 heteroatoms. The Morgan fingerprint density at radius 1 is 1.12 bits per heavy atom. The summed E-state index contributed by atoms with van der Waals surface area (Å²) in [7, 11) is 0. The second-order valence-electron chi connectivity index (χ2n) is 7.99. The van der Waals surface area contributed by atoms with E-state index in [-0.39, 0.29) is 11.6 Å². The number of aliphatic imine (C=N–C) groups is 2. The van der Waals surface area contributed by atoms with Gasteiger partial charge in [-0.1, -0.05) is 11.6 Å². The van der Waals surface area contributed by atoms with Gasteiger partial charge in [0.25, 0.3) is 5.56 Å². The summed E-state index contributed by atoms with van der Waals surface area (Å²) in [5, 5.41) is 22.4. The molecule has 3 aliphatic heterocycles. The number of fused-ring (bicyclic) bond motifs is 1. The minimum Gasteiger partial charge on any atom is -0.302 e. The van der Waals surface area contributed by atoms with Gasteiger partial charge in [0.15, 0.2) is 5.84 Å². The van der Waals surface area contributed by atoms with Crippen LogP contribution in [-0.4, -0.2) is 47.1 Å². The third-order valence-electron chi connectivity index (χ3n) is 5.96. The van der Waals surface area contributed by atoms with Gasteiger partial charge in [0.05, 0.1) is 23.6 Å². The molecule has 0 unspecified atom stereocenters. The van der Waals surface area contributed by atoms with Crippen LogP contribution in [-0.2, 0) is 6.42 Å². The van der Waals surface area contributed by atoms with Crippen molar-refractivity contribution in [1.29, 1.82) is 0 Å². The Morgan fingerprint density at radius 3 is 2.76 bits per heavy atom. The minimum atomic E-state index is -0.241. The van der Waals surface area contributed by atoms with Crippen LogP contribution in [0.25, 0.3) is 16.8 Å². The molecule has 0 amide bonds. The maximum absolute atomic E-state index is 13.3. The second kappa shape index (κ2) is 8.01. The van der Waals surface area contributed by atoms with Crippen molar-refractivity contribution in [3.8, 4) is 16.8 Å². The van der Waals surface area contributed by atoms with Crippen molar-refractivity contribution < 1.29 is 5.21 Å². The van der Waals surface area contributed by atoms with Crippen LogP contribution in [0.5, 0.6) is 0 Å². The van der Waals surface area contributed by atoms with Crippen LogP contribution in [0.4, 0.5) is 0 Å². The molecule has 0 saturated carbocycles. The summed E-state index contributed by atoms with van der Waals surface area (Å²) in [5.41, 5.74) is 4.54. The van der Waals surface area contributed by atoms with Crippen molar-refractivity contribution in [3.63, 3.8) is 0 Å². The Morgan fingerprint density at radius 2 is 1.97 bits per heavy atom. The van der Waals surface area contributed by atoms with Crippen molar-refractivity contribution in [3.05, 3.63) is 93.6 Å². The Kier molecular flexibility index (Phi) is 4.82. The highest BCUT2D eigenvalue weighted by Crippen LogP contribution is 2.33. The molecule has 6 rings (SSSR count). The van der Waals surface area contributed by atoms with Gasteiger partial charge in [-0.2, -0.15) is 4.68 Å². The zero-order chi connectivity index (χ0) is 23.2. The van der Waals surface area contributed by atoms with E-state index in [1.54, 1.807) is 45.8 Å². The van der Waals surface area contributed by atoms with Crippen LogP contribution in [0.2, 0.25) is 5.02 Å². The first-order valence-electron chi connectivity index (χ1n) is 10.6. The number of nitrogens with zero attached hydrogens (tertiary/aromatic N) is 8. The normalized spacial score (nSPS) is 18.7. The second-order valence-corrected chi connectivity index (χ2v) is 8.43. The van der Waals surface area contributed by atoms with Crippen LogP contribution in [0.3, 0.4) is 0 Å². The topological polar surface area (TPSA) is 114 Å². The molecule has 3 aromatic rings. The van der Waals surface area contributed by atoms with Gasteiger partial charge in [0, 0.05) is 40.3 Å². The molecular weight excluding hydrogens is 456 g/mol. The minimum absolute atomic E-state index is 0.134. The highest BCUT2D eigenvalue weighted by atomic mass is 35.5. The summed E-state index contributed by atoms with van der Waals surface area (Å²) < 4.78 is 3.30. The molecule has 3 aliphatic rings. The highest BCUT2D eigenvalue weighted by Gasteiger charge is 2.30. The largest absolute Gasteiger partial charge is 0.302 e. The maximum atomic E-state index is 13.3. The molecule has 1 aromatic carbocycles. The lowest BCUT2D eigenvalue weighted by Gasteiger charge is -2.15. The van der Waals surface area contributed by atoms with Gasteiger partial charge in [-0.25, -0.2) is 15.0 Å². The van der Waals surface area contributed by atoms with E-state index in [2.05, 4.69) is 25.5 Å². The predicted molar refractivity (Wildman–Crippen MR) is 126 cm³/mol. The third-order valence-corrected chi connectivity index (χ3v) is 6.20. The number of tetrazole rings is 1. The van der Waals surface area contributed by atoms with E-state index in [9.17, 15) is 10.0 Å². The van der Waals surface area contributed by atoms with Crippen molar-refractivity contribution in [1.82, 2.24) is 29.8 Å². The van der Waals surface area contributed by atoms with Crippen LogP contribution < -0.4 is 5.56 Å². The smallest absolute Gasteiger partial charge is 0.252 e. The fraction of sp³-hybridized carbons (Fsp3) is 0.130. The van der Waals surface area contributed by atoms with Gasteiger partial charge in [0.1, 0.15) is 6.33 Å². The fourth-order valence-electron chi connectivity index (χ4n) is 4.40. The van der Waals surface area contributed by atoms with Crippen molar-refractivity contribution in [2.24, 2.45) is 9.98 Å². The first kappa shape index (κ1) is 20.5. The summed E-state index contributed by atoms with van der Waals surface area (Å²) in [6.07, 6.45) is 11.2. The van der Waals surface area contributed by atoms with Gasteiger partial charge < -0.3 is 4.57 Å². The molecule has 0 fully saturated rings. The molecule has 34 heavy (non-hydrogen) atoms. The average Bonchev–Trinajstić information content (AvgIpc) is 3.60. The molecule has 0 aliphatic carbocycles. The number of allylic oxidation sites excluding steroid dienone is 4. The lowest BCUT2D eigenvalue weighted by Crippen LogP contribution is -2.26. The van der Waals surface area contributed by atoms with Crippen molar-refractivity contribution in [2.75, 3.05) is 0 Å². The quantitative estimate of drug-likeness (QED) is 0.626. The van der Waals surface area contributed by atoms with Crippen molar-refractivity contribution >= 4 is 23.7 Å². The summed E-state index contributed by atoms with van der Waals surface area (Å²) >= 11 is 6.27. The molecule has 0 bridgehead atoms. The predicted octanol–water partition coefficient (Wildman–Crippen LogP) is 3.10. The molecule has 0 spiro atoms. The number of halogens is 1. The summed E-state index contributed by atoms with van der Waals surface area (Å²) in [6, 6.07) is 8.75. The standard InChI is InChI=1S/C23H17ClN8O2/c24-16-1-3-20(31-13-26-28-29-31)18(11-16)15-9-17-2-4-21(32(17)22(33)10-15)23-25-12-19(27-23)14-5-7-30(34)8-6-14/h1,3,5-13,21,34H,2,4H2/t21-/m0/s1. The van der Waals surface area contributed by atoms with E-state index in [4.69, 9.17) is 11.6 Å². The lowest BCUT2D eigenvalue weighted by molar-refractivity contribution is 0.0105. The van der Waals surface area contributed by atoms with Crippen LogP contribution in [0.15, 0.2) is 87.3 Å². The number of amidine groups is 1. The number of benzene rings is 1. The number of pyridine rings is 1. The summed E-state index contributed by atoms with van der Waals surface area (Å²) in [4.78, 5) is 22.4. The lowest BCUT2D eigenvalue weighted by atomic mass is 10.0. The molecule has 2 aromatic heterocycles. The summed E-state index contributed by atoms with van der Waals surface area (Å²) in [6.45, 7) is 0. The molecule has 1 atom stereocenters. The van der Waals surface area contributed by atoms with Gasteiger partial charge in [-0.05, 0) is 65.2 Å². The SMILES string of the molecule is O=c1cc(-c2cc(Cl)ccc2-n2cnnn2)cc2n1[C@H](C1=NC(=C3C=CN(O)C=C3)C=N1)CC2. The van der Waals surface area contributed by atoms with Gasteiger partial charge in [0.2, 0.25) is 0 Å². The number of aryl methyl sites for hydroxylation is 1. The van der Waals surface area contributed by atoms with E-state index in [1.807, 2.05) is 12.1 Å². The van der Waals surface area contributed by atoms with Crippen LogP contribution in [0, 0.1) is 0 Å². The maximum Gasteiger partial charge on any atom is 0.252 e. The highest BCUT2D eigenvalue weighted by molar-refractivity contribution is 6.31. The molecule has 1 N–H and O–H groups in total. The molecular formula is C23H17ClN8O2. The van der Waals surface area contributed by atoms with Gasteiger partial charge in [-0.3, -0.25) is 10.0 Å². The molecule has 5 heterocycles. The Bertz CT molecular complexity index is 1500. The van der Waals surface area contributed by atoms with E-state index >= 15 is 0 Å². The molecule has 168 valence electrons. The number of hydrogen-bond donors (Lipinski definition) is 1. The first-order valence-corrected chi connectivity index (χ1v) is 10.9. The zero-order valence-electron chi connectivity index (χ0n) is 17.7. The Labute approximate surface area is 198 Å². The number of hydrogen-bond acceptors (Lipinski definition) is 8. The van der Waals surface area contributed by atoms with Crippen LogP contribution >= 0.6 is 11.6 Å². The zero-order valence-corrected chi connectivity index (χ0v) is 18.4. The first-order chi connectivity index (χ1) is 16.6. The number of aromatic nitrogens is 5. The van der Waals surface area contributed by atoms with Crippen LogP contribution in [0.1, 0.15) is 18.2 Å². The molecule has 10 nitrogen and oxygen atoms in total. The van der Waals surface area contributed by atoms with Crippen molar-refractivity contribution in [2.45, 2.75) is 18.9 Å². The Balaban J connectivity index is 1.38. The molecule has 0 radical (unpaired) electrons. The van der Waals surface area contributed by atoms with Gasteiger partial charge >= 0.3 is 0 Å². The van der Waals surface area contributed by atoms with Gasteiger partial charge in [-0.15, -0.1) is 5.10 Å².